The SMILES string of the molecule is CC(=O)N1CCN(c2cc3c(N[C@H](C)c4cccc(C(F)F)c4F)ccnc3cc2OC2CCNCC2)CC1. The van der Waals surface area contributed by atoms with E-state index in [2.05, 4.69) is 20.5 Å². The van der Waals surface area contributed by atoms with Crippen molar-refractivity contribution in [3.05, 3.63) is 59.5 Å². The molecule has 1 amide bonds. The second-order valence-electron chi connectivity index (χ2n) is 10.2. The van der Waals surface area contributed by atoms with Crippen molar-refractivity contribution in [1.29, 1.82) is 0 Å². The van der Waals surface area contributed by atoms with Crippen LogP contribution in [0.5, 0.6) is 5.75 Å². The molecule has 5 rings (SSSR count). The van der Waals surface area contributed by atoms with Crippen LogP contribution in [0.2, 0.25) is 0 Å². The minimum absolute atomic E-state index is 0.0622. The first-order valence-electron chi connectivity index (χ1n) is 13.5. The van der Waals surface area contributed by atoms with Gasteiger partial charge in [-0.25, -0.2) is 13.2 Å². The molecule has 2 N–H and O–H groups in total. The van der Waals surface area contributed by atoms with Gasteiger partial charge in [-0.3, -0.25) is 9.78 Å². The predicted molar refractivity (Wildman–Crippen MR) is 146 cm³/mol. The number of fused-ring (bicyclic) bond motifs is 1. The second-order valence-corrected chi connectivity index (χ2v) is 10.2. The highest BCUT2D eigenvalue weighted by molar-refractivity contribution is 5.95. The molecular formula is C29H34F3N5O2. The predicted octanol–water partition coefficient (Wildman–Crippen LogP) is 5.28. The van der Waals surface area contributed by atoms with E-state index in [1.807, 2.05) is 17.0 Å². The number of carbonyl (C=O) groups is 1. The average molecular weight is 542 g/mol. The monoisotopic (exact) mass is 541 g/mol. The molecule has 3 heterocycles. The summed E-state index contributed by atoms with van der Waals surface area (Å²) in [7, 11) is 0. The molecule has 2 aliphatic rings. The first-order valence-corrected chi connectivity index (χ1v) is 13.5. The standard InChI is InChI=1S/C29H34F3N5O2/c1-18(21-4-3-5-22(28(21)30)29(31)32)35-24-8-11-34-25-17-27(39-20-6-9-33-10-7-20)26(16-23(24)25)37-14-12-36(13-15-37)19(2)38/h3-5,8,11,16-18,20,29,33H,6-7,9-10,12-15H2,1-2H3,(H,34,35)/t18-/m1/s1. The third-order valence-corrected chi connectivity index (χ3v) is 7.60. The molecule has 0 spiro atoms. The number of amides is 1. The fourth-order valence-electron chi connectivity index (χ4n) is 5.37. The smallest absolute Gasteiger partial charge is 0.266 e. The van der Waals surface area contributed by atoms with Gasteiger partial charge in [-0.1, -0.05) is 18.2 Å². The van der Waals surface area contributed by atoms with E-state index >= 15 is 0 Å². The van der Waals surface area contributed by atoms with Crippen LogP contribution in [0.4, 0.5) is 24.5 Å². The average Bonchev–Trinajstić information content (AvgIpc) is 2.93. The molecule has 0 aliphatic carbocycles. The molecule has 2 fully saturated rings. The van der Waals surface area contributed by atoms with Crippen LogP contribution in [0.1, 0.15) is 50.3 Å². The topological polar surface area (TPSA) is 69.7 Å². The Kier molecular flexibility index (Phi) is 8.11. The maximum absolute atomic E-state index is 14.9. The number of halogens is 3. The third-order valence-electron chi connectivity index (χ3n) is 7.60. The summed E-state index contributed by atoms with van der Waals surface area (Å²) in [6.45, 7) is 7.71. The van der Waals surface area contributed by atoms with Crippen LogP contribution in [0.15, 0.2) is 42.6 Å². The molecule has 0 bridgehead atoms. The summed E-state index contributed by atoms with van der Waals surface area (Å²) in [6.07, 6.45) is 0.690. The fraction of sp³-hybridized carbons (Fsp3) is 0.448. The van der Waals surface area contributed by atoms with Crippen LogP contribution in [0.3, 0.4) is 0 Å². The highest BCUT2D eigenvalue weighted by atomic mass is 19.3. The summed E-state index contributed by atoms with van der Waals surface area (Å²) in [5.41, 5.74) is 1.91. The minimum Gasteiger partial charge on any atom is -0.488 e. The molecule has 0 saturated carbocycles. The molecule has 2 aromatic carbocycles. The zero-order valence-corrected chi connectivity index (χ0v) is 22.2. The molecule has 10 heteroatoms. The lowest BCUT2D eigenvalue weighted by atomic mass is 10.0. The molecule has 1 atom stereocenters. The Balaban J connectivity index is 1.49. The Hall–Kier alpha value is -3.53. The van der Waals surface area contributed by atoms with Gasteiger partial charge in [0.1, 0.15) is 17.7 Å². The summed E-state index contributed by atoms with van der Waals surface area (Å²) in [4.78, 5) is 20.5. The number of nitrogens with one attached hydrogen (secondary N) is 2. The largest absolute Gasteiger partial charge is 0.488 e. The first-order chi connectivity index (χ1) is 18.8. The Morgan fingerprint density at radius 2 is 1.82 bits per heavy atom. The van der Waals surface area contributed by atoms with Crippen LogP contribution in [0.25, 0.3) is 10.9 Å². The summed E-state index contributed by atoms with van der Waals surface area (Å²) >= 11 is 0. The van der Waals surface area contributed by atoms with Gasteiger partial charge in [0.15, 0.2) is 0 Å². The molecule has 2 saturated heterocycles. The van der Waals surface area contributed by atoms with Crippen molar-refractivity contribution in [1.82, 2.24) is 15.2 Å². The van der Waals surface area contributed by atoms with E-state index in [1.165, 1.54) is 12.1 Å². The number of aromatic nitrogens is 1. The minimum atomic E-state index is -2.89. The molecule has 3 aromatic rings. The zero-order valence-electron chi connectivity index (χ0n) is 22.2. The van der Waals surface area contributed by atoms with E-state index in [9.17, 15) is 18.0 Å². The van der Waals surface area contributed by atoms with Gasteiger partial charge in [0.2, 0.25) is 5.91 Å². The fourth-order valence-corrected chi connectivity index (χ4v) is 5.37. The first kappa shape index (κ1) is 27.1. The molecule has 1 aromatic heterocycles. The number of hydrogen-bond donors (Lipinski definition) is 2. The number of hydrogen-bond acceptors (Lipinski definition) is 6. The molecule has 0 radical (unpaired) electrons. The Morgan fingerprint density at radius 3 is 2.51 bits per heavy atom. The van der Waals surface area contributed by atoms with Crippen molar-refractivity contribution >= 4 is 28.2 Å². The van der Waals surface area contributed by atoms with Crippen LogP contribution in [0, 0.1) is 5.82 Å². The van der Waals surface area contributed by atoms with E-state index in [1.54, 1.807) is 26.1 Å². The number of ether oxygens (including phenoxy) is 1. The molecule has 0 unspecified atom stereocenters. The number of piperazine rings is 1. The molecule has 208 valence electrons. The van der Waals surface area contributed by atoms with Crippen molar-refractivity contribution in [3.8, 4) is 5.75 Å². The normalized spacial score (nSPS) is 17.5. The number of benzene rings is 2. The number of nitrogens with zero attached hydrogens (tertiary/aromatic N) is 3. The highest BCUT2D eigenvalue weighted by Gasteiger charge is 2.25. The van der Waals surface area contributed by atoms with Gasteiger partial charge in [0.05, 0.1) is 22.8 Å². The van der Waals surface area contributed by atoms with Crippen LogP contribution < -0.4 is 20.3 Å². The van der Waals surface area contributed by atoms with E-state index in [0.29, 0.717) is 37.4 Å². The van der Waals surface area contributed by atoms with Gasteiger partial charge in [0.25, 0.3) is 6.43 Å². The van der Waals surface area contributed by atoms with Gasteiger partial charge in [-0.2, -0.15) is 0 Å². The van der Waals surface area contributed by atoms with Crippen LogP contribution in [-0.4, -0.2) is 61.2 Å². The van der Waals surface area contributed by atoms with Crippen LogP contribution >= 0.6 is 0 Å². The summed E-state index contributed by atoms with van der Waals surface area (Å²) in [6, 6.07) is 9.29. The second kappa shape index (κ2) is 11.7. The van der Waals surface area contributed by atoms with Crippen molar-refractivity contribution in [2.75, 3.05) is 49.5 Å². The van der Waals surface area contributed by atoms with Crippen LogP contribution in [-0.2, 0) is 4.79 Å². The Labute approximate surface area is 226 Å². The van der Waals surface area contributed by atoms with E-state index in [-0.39, 0.29) is 17.6 Å². The Bertz CT molecular complexity index is 1320. The van der Waals surface area contributed by atoms with E-state index in [0.717, 1.165) is 48.8 Å². The number of carbonyl (C=O) groups excluding carboxylic acids is 1. The molecule has 2 aliphatic heterocycles. The summed E-state index contributed by atoms with van der Waals surface area (Å²) < 4.78 is 48.0. The summed E-state index contributed by atoms with van der Waals surface area (Å²) in [5, 5.41) is 7.49. The van der Waals surface area contributed by atoms with Crippen molar-refractivity contribution < 1.29 is 22.7 Å². The highest BCUT2D eigenvalue weighted by Crippen LogP contribution is 2.38. The lowest BCUT2D eigenvalue weighted by molar-refractivity contribution is -0.129. The van der Waals surface area contributed by atoms with Crippen molar-refractivity contribution in [2.45, 2.75) is 45.3 Å². The third kappa shape index (κ3) is 5.90. The molecule has 7 nitrogen and oxygen atoms in total. The van der Waals surface area contributed by atoms with E-state index in [4.69, 9.17) is 4.74 Å². The maximum Gasteiger partial charge on any atom is 0.266 e. The number of pyridine rings is 1. The maximum atomic E-state index is 14.9. The molecular weight excluding hydrogens is 507 g/mol. The van der Waals surface area contributed by atoms with Crippen molar-refractivity contribution in [2.24, 2.45) is 0 Å². The number of piperidine rings is 1. The summed E-state index contributed by atoms with van der Waals surface area (Å²) in [5.74, 6) is -0.0845. The number of anilines is 2. The van der Waals surface area contributed by atoms with Gasteiger partial charge in [0, 0.05) is 62.0 Å². The number of rotatable bonds is 7. The van der Waals surface area contributed by atoms with Gasteiger partial charge in [-0.05, 0) is 45.0 Å². The van der Waals surface area contributed by atoms with Gasteiger partial charge in [-0.15, -0.1) is 0 Å². The quantitative estimate of drug-likeness (QED) is 0.424. The van der Waals surface area contributed by atoms with E-state index < -0.39 is 23.8 Å². The zero-order chi connectivity index (χ0) is 27.5. The lowest BCUT2D eigenvalue weighted by Gasteiger charge is -2.37. The number of alkyl halides is 2. The Morgan fingerprint density at radius 1 is 1.10 bits per heavy atom. The molecule has 39 heavy (non-hydrogen) atoms. The van der Waals surface area contributed by atoms with Crippen molar-refractivity contribution in [3.63, 3.8) is 0 Å². The van der Waals surface area contributed by atoms with Gasteiger partial charge < -0.3 is 25.2 Å². The van der Waals surface area contributed by atoms with Gasteiger partial charge >= 0.3 is 0 Å². The lowest BCUT2D eigenvalue weighted by Crippen LogP contribution is -2.48.